The minimum absolute atomic E-state index is 0.326. The van der Waals surface area contributed by atoms with E-state index in [1.54, 1.807) is 20.9 Å². The summed E-state index contributed by atoms with van der Waals surface area (Å²) in [4.78, 5) is 0. The van der Waals surface area contributed by atoms with Crippen LogP contribution in [0, 0.1) is 0 Å². The number of sulfone groups is 1. The summed E-state index contributed by atoms with van der Waals surface area (Å²) in [6, 6.07) is 5.23. The fourth-order valence-corrected chi connectivity index (χ4v) is 3.05. The molecule has 112 valence electrons. The molecule has 0 saturated heterocycles. The molecule has 20 heavy (non-hydrogen) atoms. The Morgan fingerprint density at radius 1 is 1.20 bits per heavy atom. The van der Waals surface area contributed by atoms with Crippen LogP contribution in [0.1, 0.15) is 25.5 Å². The van der Waals surface area contributed by atoms with Crippen molar-refractivity contribution in [2.45, 2.75) is 24.6 Å². The van der Waals surface area contributed by atoms with E-state index in [9.17, 15) is 8.42 Å². The van der Waals surface area contributed by atoms with Crippen molar-refractivity contribution < 1.29 is 17.9 Å². The van der Waals surface area contributed by atoms with Gasteiger partial charge in [0.1, 0.15) is 13.2 Å². The molecule has 0 spiro atoms. The summed E-state index contributed by atoms with van der Waals surface area (Å²) in [7, 11) is -1.46. The Morgan fingerprint density at radius 2 is 1.80 bits per heavy atom. The quantitative estimate of drug-likeness (QED) is 0.913. The lowest BCUT2D eigenvalue weighted by molar-refractivity contribution is 0.171. The smallest absolute Gasteiger partial charge is 0.161 e. The molecule has 0 fully saturated rings. The van der Waals surface area contributed by atoms with Gasteiger partial charge in [0.05, 0.1) is 10.8 Å². The van der Waals surface area contributed by atoms with Crippen LogP contribution < -0.4 is 14.8 Å². The molecule has 6 heteroatoms. The summed E-state index contributed by atoms with van der Waals surface area (Å²) in [5.74, 6) is 1.37. The Labute approximate surface area is 120 Å². The van der Waals surface area contributed by atoms with Gasteiger partial charge in [0.2, 0.25) is 0 Å². The van der Waals surface area contributed by atoms with Gasteiger partial charge in [0.15, 0.2) is 21.3 Å². The highest BCUT2D eigenvalue weighted by Gasteiger charge is 2.39. The van der Waals surface area contributed by atoms with Crippen molar-refractivity contribution in [1.82, 2.24) is 5.32 Å². The second-order valence-corrected chi connectivity index (χ2v) is 8.10. The molecular weight excluding hydrogens is 278 g/mol. The number of nitrogens with one attached hydrogen (secondary N) is 1. The van der Waals surface area contributed by atoms with Crippen molar-refractivity contribution in [2.75, 3.05) is 26.5 Å². The maximum atomic E-state index is 12.0. The van der Waals surface area contributed by atoms with Crippen LogP contribution in [0.3, 0.4) is 0 Å². The van der Waals surface area contributed by atoms with E-state index in [-0.39, 0.29) is 6.04 Å². The highest BCUT2D eigenvalue weighted by molar-refractivity contribution is 7.92. The third kappa shape index (κ3) is 2.62. The molecule has 0 aromatic heterocycles. The molecule has 1 aliphatic rings. The summed E-state index contributed by atoms with van der Waals surface area (Å²) in [5, 5.41) is 3.10. The second kappa shape index (κ2) is 5.26. The van der Waals surface area contributed by atoms with Crippen molar-refractivity contribution in [1.29, 1.82) is 0 Å². The lowest BCUT2D eigenvalue weighted by Crippen LogP contribution is -2.43. The summed E-state index contributed by atoms with van der Waals surface area (Å²) in [6.45, 7) is 4.49. The second-order valence-electron chi connectivity index (χ2n) is 5.50. The first-order chi connectivity index (χ1) is 9.27. The maximum absolute atomic E-state index is 12.0. The van der Waals surface area contributed by atoms with E-state index in [1.165, 1.54) is 6.26 Å². The zero-order valence-electron chi connectivity index (χ0n) is 12.3. The zero-order valence-corrected chi connectivity index (χ0v) is 13.1. The highest BCUT2D eigenvalue weighted by atomic mass is 32.2. The molecule has 5 nitrogen and oxygen atoms in total. The Kier molecular flexibility index (Phi) is 3.97. The molecular formula is C14H21NO4S. The SMILES string of the molecule is CNC(c1ccc2c(c1)OCCO2)C(C)(C)S(C)(=O)=O. The molecule has 0 radical (unpaired) electrons. The van der Waals surface area contributed by atoms with Gasteiger partial charge in [-0.15, -0.1) is 0 Å². The van der Waals surface area contributed by atoms with Gasteiger partial charge in [-0.1, -0.05) is 6.07 Å². The minimum Gasteiger partial charge on any atom is -0.486 e. The van der Waals surface area contributed by atoms with Crippen LogP contribution in [0.5, 0.6) is 11.5 Å². The van der Waals surface area contributed by atoms with Crippen LogP contribution in [0.4, 0.5) is 0 Å². The number of rotatable bonds is 4. The summed E-state index contributed by atoms with van der Waals surface area (Å²) in [5.41, 5.74) is 0.868. The molecule has 0 amide bonds. The van der Waals surface area contributed by atoms with E-state index in [1.807, 2.05) is 18.2 Å². The van der Waals surface area contributed by atoms with Crippen LogP contribution in [0.15, 0.2) is 18.2 Å². The Morgan fingerprint density at radius 3 is 2.35 bits per heavy atom. The van der Waals surface area contributed by atoms with Gasteiger partial charge in [-0.3, -0.25) is 0 Å². The molecule has 1 aliphatic heterocycles. The van der Waals surface area contributed by atoms with E-state index < -0.39 is 14.6 Å². The number of ether oxygens (including phenoxy) is 2. The van der Waals surface area contributed by atoms with Gasteiger partial charge < -0.3 is 14.8 Å². The standard InChI is InChI=1S/C14H21NO4S/c1-14(2,20(4,16)17)13(15-3)10-5-6-11-12(9-10)19-8-7-18-11/h5-6,9,13,15H,7-8H2,1-4H3. The van der Waals surface area contributed by atoms with Gasteiger partial charge >= 0.3 is 0 Å². The van der Waals surface area contributed by atoms with Crippen molar-refractivity contribution >= 4 is 9.84 Å². The van der Waals surface area contributed by atoms with Crippen LogP contribution in [0.2, 0.25) is 0 Å². The predicted octanol–water partition coefficient (Wildman–Crippen LogP) is 1.54. The molecule has 1 aromatic rings. The van der Waals surface area contributed by atoms with Crippen LogP contribution in [0.25, 0.3) is 0 Å². The maximum Gasteiger partial charge on any atom is 0.161 e. The summed E-state index contributed by atoms with van der Waals surface area (Å²) >= 11 is 0. The monoisotopic (exact) mass is 299 g/mol. The molecule has 0 bridgehead atoms. The fourth-order valence-electron chi connectivity index (χ4n) is 2.37. The summed E-state index contributed by atoms with van der Waals surface area (Å²) in [6.07, 6.45) is 1.26. The third-order valence-electron chi connectivity index (χ3n) is 3.84. The largest absolute Gasteiger partial charge is 0.486 e. The first-order valence-electron chi connectivity index (χ1n) is 6.54. The molecule has 2 rings (SSSR count). The predicted molar refractivity (Wildman–Crippen MR) is 78.2 cm³/mol. The zero-order chi connectivity index (χ0) is 15.0. The van der Waals surface area contributed by atoms with Gasteiger partial charge in [-0.05, 0) is 38.6 Å². The summed E-state index contributed by atoms with van der Waals surface area (Å²) < 4.78 is 34.1. The average Bonchev–Trinajstić information content (AvgIpc) is 2.38. The Bertz CT molecular complexity index is 595. The molecule has 0 saturated carbocycles. The topological polar surface area (TPSA) is 64.6 Å². The lowest BCUT2D eigenvalue weighted by Gasteiger charge is -2.33. The van der Waals surface area contributed by atoms with Crippen molar-refractivity contribution in [3.05, 3.63) is 23.8 Å². The van der Waals surface area contributed by atoms with Gasteiger partial charge in [-0.2, -0.15) is 0 Å². The molecule has 0 aliphatic carbocycles. The fraction of sp³-hybridized carbons (Fsp3) is 0.571. The van der Waals surface area contributed by atoms with Gasteiger partial charge in [0, 0.05) is 6.26 Å². The third-order valence-corrected chi connectivity index (χ3v) is 5.99. The van der Waals surface area contributed by atoms with Gasteiger partial charge in [0.25, 0.3) is 0 Å². The molecule has 1 N–H and O–H groups in total. The first-order valence-corrected chi connectivity index (χ1v) is 8.43. The van der Waals surface area contributed by atoms with Crippen LogP contribution >= 0.6 is 0 Å². The van der Waals surface area contributed by atoms with E-state index in [2.05, 4.69) is 5.32 Å². The Hall–Kier alpha value is -1.27. The van der Waals surface area contributed by atoms with Crippen molar-refractivity contribution in [3.63, 3.8) is 0 Å². The lowest BCUT2D eigenvalue weighted by atomic mass is 9.95. The Balaban J connectivity index is 2.42. The number of fused-ring (bicyclic) bond motifs is 1. The minimum atomic E-state index is -3.22. The van der Waals surface area contributed by atoms with Crippen molar-refractivity contribution in [2.24, 2.45) is 0 Å². The molecule has 1 heterocycles. The highest BCUT2D eigenvalue weighted by Crippen LogP contribution is 2.37. The van der Waals surface area contributed by atoms with Gasteiger partial charge in [-0.25, -0.2) is 8.42 Å². The van der Waals surface area contributed by atoms with Crippen molar-refractivity contribution in [3.8, 4) is 11.5 Å². The van der Waals surface area contributed by atoms with E-state index in [4.69, 9.17) is 9.47 Å². The molecule has 1 atom stereocenters. The molecule has 1 aromatic carbocycles. The average molecular weight is 299 g/mol. The number of hydrogen-bond acceptors (Lipinski definition) is 5. The van der Waals surface area contributed by atoms with E-state index >= 15 is 0 Å². The van der Waals surface area contributed by atoms with E-state index in [0.29, 0.717) is 24.7 Å². The number of hydrogen-bond donors (Lipinski definition) is 1. The van der Waals surface area contributed by atoms with Crippen LogP contribution in [-0.4, -0.2) is 39.7 Å². The first kappa shape index (κ1) is 15.1. The van der Waals surface area contributed by atoms with Crippen LogP contribution in [-0.2, 0) is 9.84 Å². The number of benzene rings is 1. The molecule has 1 unspecified atom stereocenters. The normalized spacial score (nSPS) is 16.8. The van der Waals surface area contributed by atoms with E-state index in [0.717, 1.165) is 5.56 Å².